The molecular weight excluding hydrogens is 236 g/mol. The van der Waals surface area contributed by atoms with Gasteiger partial charge in [-0.15, -0.1) is 0 Å². The Morgan fingerprint density at radius 1 is 1.37 bits per heavy atom. The first-order chi connectivity index (χ1) is 9.15. The van der Waals surface area contributed by atoms with Gasteiger partial charge in [0.1, 0.15) is 5.75 Å². The average Bonchev–Trinajstić information content (AvgIpc) is 2.39. The van der Waals surface area contributed by atoms with Crippen molar-refractivity contribution in [3.05, 3.63) is 29.3 Å². The van der Waals surface area contributed by atoms with Gasteiger partial charge in [0.2, 0.25) is 0 Å². The molecule has 0 saturated carbocycles. The third-order valence-electron chi connectivity index (χ3n) is 3.67. The number of nitrogens with one attached hydrogen (secondary N) is 1. The molecule has 1 heterocycles. The molecule has 3 nitrogen and oxygen atoms in total. The highest BCUT2D eigenvalue weighted by Gasteiger charge is 2.14. The molecule has 1 aromatic carbocycles. The second-order valence-corrected chi connectivity index (χ2v) is 5.63. The molecule has 1 N–H and O–H groups in total. The van der Waals surface area contributed by atoms with Crippen LogP contribution in [0.4, 0.5) is 0 Å². The molecule has 3 heteroatoms. The lowest BCUT2D eigenvalue weighted by Crippen LogP contribution is -2.49. The van der Waals surface area contributed by atoms with Gasteiger partial charge < -0.3 is 15.0 Å². The van der Waals surface area contributed by atoms with Gasteiger partial charge in [-0.25, -0.2) is 0 Å². The largest absolute Gasteiger partial charge is 0.493 e. The second-order valence-electron chi connectivity index (χ2n) is 5.63. The van der Waals surface area contributed by atoms with Crippen LogP contribution in [0.25, 0.3) is 0 Å². The Labute approximate surface area is 116 Å². The summed E-state index contributed by atoms with van der Waals surface area (Å²) in [6, 6.07) is 7.00. The molecular formula is C16H26N2O. The monoisotopic (exact) mass is 262 g/mol. The van der Waals surface area contributed by atoms with E-state index in [0.717, 1.165) is 45.0 Å². The quantitative estimate of drug-likeness (QED) is 0.825. The van der Waals surface area contributed by atoms with Crippen molar-refractivity contribution in [2.45, 2.75) is 33.2 Å². The minimum Gasteiger partial charge on any atom is -0.493 e. The fraction of sp³-hybridized carbons (Fsp3) is 0.625. The molecule has 0 aromatic heterocycles. The molecule has 1 aromatic rings. The summed E-state index contributed by atoms with van der Waals surface area (Å²) >= 11 is 0. The molecule has 0 aliphatic carbocycles. The van der Waals surface area contributed by atoms with Crippen LogP contribution in [0, 0.1) is 13.8 Å². The van der Waals surface area contributed by atoms with E-state index in [1.54, 1.807) is 0 Å². The standard InChI is InChI=1S/C16H26N2O/c1-13-5-6-14(2)16(11-13)19-10-4-8-18-9-7-17-15(3)12-18/h5-6,11,15,17H,4,7-10,12H2,1-3H3/t15-/m1/s1. The molecule has 0 bridgehead atoms. The van der Waals surface area contributed by atoms with Crippen LogP contribution in [0.5, 0.6) is 5.75 Å². The van der Waals surface area contributed by atoms with Crippen molar-refractivity contribution >= 4 is 0 Å². The van der Waals surface area contributed by atoms with Gasteiger partial charge in [0.15, 0.2) is 0 Å². The Hall–Kier alpha value is -1.06. The summed E-state index contributed by atoms with van der Waals surface area (Å²) in [6.45, 7) is 11.8. The predicted molar refractivity (Wildman–Crippen MR) is 79.9 cm³/mol. The highest BCUT2D eigenvalue weighted by atomic mass is 16.5. The van der Waals surface area contributed by atoms with Crippen LogP contribution in [0.15, 0.2) is 18.2 Å². The summed E-state index contributed by atoms with van der Waals surface area (Å²) in [4.78, 5) is 2.52. The van der Waals surface area contributed by atoms with Crippen molar-refractivity contribution in [3.8, 4) is 5.75 Å². The average molecular weight is 262 g/mol. The Morgan fingerprint density at radius 3 is 3.00 bits per heavy atom. The van der Waals surface area contributed by atoms with Gasteiger partial charge in [0.25, 0.3) is 0 Å². The number of hydrogen-bond donors (Lipinski definition) is 1. The Kier molecular flexibility index (Phi) is 5.23. The summed E-state index contributed by atoms with van der Waals surface area (Å²) in [6.07, 6.45) is 1.10. The molecule has 106 valence electrons. The lowest BCUT2D eigenvalue weighted by molar-refractivity contribution is 0.189. The van der Waals surface area contributed by atoms with Crippen molar-refractivity contribution in [1.29, 1.82) is 0 Å². The van der Waals surface area contributed by atoms with Crippen LogP contribution >= 0.6 is 0 Å². The van der Waals surface area contributed by atoms with Crippen LogP contribution < -0.4 is 10.1 Å². The van der Waals surface area contributed by atoms with Gasteiger partial charge in [-0.05, 0) is 44.4 Å². The summed E-state index contributed by atoms with van der Waals surface area (Å²) in [7, 11) is 0. The first-order valence-corrected chi connectivity index (χ1v) is 7.31. The second kappa shape index (κ2) is 6.92. The maximum absolute atomic E-state index is 5.89. The highest BCUT2D eigenvalue weighted by Crippen LogP contribution is 2.19. The molecule has 0 radical (unpaired) electrons. The Bertz CT molecular complexity index is 406. The fourth-order valence-corrected chi connectivity index (χ4v) is 2.55. The van der Waals surface area contributed by atoms with Crippen molar-refractivity contribution in [3.63, 3.8) is 0 Å². The van der Waals surface area contributed by atoms with Crippen LogP contribution in [0.1, 0.15) is 24.5 Å². The minimum absolute atomic E-state index is 0.619. The summed E-state index contributed by atoms with van der Waals surface area (Å²) < 4.78 is 5.89. The SMILES string of the molecule is Cc1ccc(C)c(OCCCN2CCN[C@H](C)C2)c1. The van der Waals surface area contributed by atoms with Gasteiger partial charge >= 0.3 is 0 Å². The molecule has 1 atom stereocenters. The van der Waals surface area contributed by atoms with E-state index in [4.69, 9.17) is 4.74 Å². The molecule has 1 saturated heterocycles. The minimum atomic E-state index is 0.619. The summed E-state index contributed by atoms with van der Waals surface area (Å²) in [5.41, 5.74) is 2.48. The molecule has 2 rings (SSSR count). The zero-order valence-corrected chi connectivity index (χ0v) is 12.4. The maximum Gasteiger partial charge on any atom is 0.122 e. The lowest BCUT2D eigenvalue weighted by Gasteiger charge is -2.31. The van der Waals surface area contributed by atoms with Crippen molar-refractivity contribution in [1.82, 2.24) is 10.2 Å². The highest BCUT2D eigenvalue weighted by molar-refractivity contribution is 5.35. The van der Waals surface area contributed by atoms with Crippen molar-refractivity contribution in [2.75, 3.05) is 32.8 Å². The predicted octanol–water partition coefficient (Wildman–Crippen LogP) is 2.37. The van der Waals surface area contributed by atoms with Crippen molar-refractivity contribution in [2.24, 2.45) is 0 Å². The number of nitrogens with zero attached hydrogens (tertiary/aromatic N) is 1. The normalized spacial score (nSPS) is 20.5. The zero-order chi connectivity index (χ0) is 13.7. The van der Waals surface area contributed by atoms with Crippen LogP contribution in [-0.4, -0.2) is 43.7 Å². The molecule has 19 heavy (non-hydrogen) atoms. The van der Waals surface area contributed by atoms with E-state index in [9.17, 15) is 0 Å². The molecule has 1 fully saturated rings. The summed E-state index contributed by atoms with van der Waals surface area (Å²) in [5.74, 6) is 1.04. The van der Waals surface area contributed by atoms with Gasteiger partial charge in [0, 0.05) is 32.2 Å². The first kappa shape index (κ1) is 14.4. The topological polar surface area (TPSA) is 24.5 Å². The number of benzene rings is 1. The number of aryl methyl sites for hydroxylation is 2. The van der Waals surface area contributed by atoms with E-state index >= 15 is 0 Å². The van der Waals surface area contributed by atoms with Crippen LogP contribution in [-0.2, 0) is 0 Å². The van der Waals surface area contributed by atoms with E-state index in [-0.39, 0.29) is 0 Å². The fourth-order valence-electron chi connectivity index (χ4n) is 2.55. The molecule has 1 aliphatic heterocycles. The Balaban J connectivity index is 1.70. The Morgan fingerprint density at radius 2 is 2.21 bits per heavy atom. The van der Waals surface area contributed by atoms with Crippen LogP contribution in [0.3, 0.4) is 0 Å². The van der Waals surface area contributed by atoms with Crippen molar-refractivity contribution < 1.29 is 4.74 Å². The summed E-state index contributed by atoms with van der Waals surface area (Å²) in [5, 5.41) is 3.47. The van der Waals surface area contributed by atoms with Gasteiger partial charge in [-0.2, -0.15) is 0 Å². The van der Waals surface area contributed by atoms with Gasteiger partial charge in [0.05, 0.1) is 6.61 Å². The van der Waals surface area contributed by atoms with E-state index < -0.39 is 0 Å². The molecule has 1 aliphatic rings. The first-order valence-electron chi connectivity index (χ1n) is 7.31. The zero-order valence-electron chi connectivity index (χ0n) is 12.4. The number of hydrogen-bond acceptors (Lipinski definition) is 3. The van der Waals surface area contributed by atoms with Gasteiger partial charge in [-0.1, -0.05) is 12.1 Å². The smallest absolute Gasteiger partial charge is 0.122 e. The van der Waals surface area contributed by atoms with E-state index in [0.29, 0.717) is 6.04 Å². The number of ether oxygens (including phenoxy) is 1. The van der Waals surface area contributed by atoms with Gasteiger partial charge in [-0.3, -0.25) is 0 Å². The third kappa shape index (κ3) is 4.51. The number of piperazine rings is 1. The van der Waals surface area contributed by atoms with Crippen LogP contribution in [0.2, 0.25) is 0 Å². The van der Waals surface area contributed by atoms with E-state index in [2.05, 4.69) is 49.2 Å². The van der Waals surface area contributed by atoms with E-state index in [1.165, 1.54) is 11.1 Å². The number of rotatable bonds is 5. The molecule has 0 spiro atoms. The lowest BCUT2D eigenvalue weighted by atomic mass is 10.1. The maximum atomic E-state index is 5.89. The molecule has 0 unspecified atom stereocenters. The third-order valence-corrected chi connectivity index (χ3v) is 3.67. The van der Waals surface area contributed by atoms with E-state index in [1.807, 2.05) is 0 Å². The molecule has 0 amide bonds.